The minimum Gasteiger partial charge on any atom is -0.381 e. The molecule has 2 N–H and O–H groups in total. The third kappa shape index (κ3) is 6.54. The second kappa shape index (κ2) is 10.9. The van der Waals surface area contributed by atoms with Gasteiger partial charge in [0.15, 0.2) is 0 Å². The van der Waals surface area contributed by atoms with Crippen LogP contribution < -0.4 is 10.0 Å². The molecule has 1 heterocycles. The van der Waals surface area contributed by atoms with Gasteiger partial charge in [-0.2, -0.15) is 0 Å². The number of sulfonamides is 1. The Kier molecular flexibility index (Phi) is 8.60. The van der Waals surface area contributed by atoms with Crippen molar-refractivity contribution in [1.29, 1.82) is 0 Å². The van der Waals surface area contributed by atoms with Crippen LogP contribution in [0.2, 0.25) is 0 Å². The molecule has 1 amide bonds. The highest BCUT2D eigenvalue weighted by Crippen LogP contribution is 2.19. The van der Waals surface area contributed by atoms with Crippen molar-refractivity contribution in [3.8, 4) is 0 Å². The van der Waals surface area contributed by atoms with Crippen LogP contribution in [0.5, 0.6) is 0 Å². The van der Waals surface area contributed by atoms with Crippen LogP contribution in [0.25, 0.3) is 0 Å². The van der Waals surface area contributed by atoms with Crippen LogP contribution >= 0.6 is 0 Å². The number of nitrogens with zero attached hydrogens (tertiary/aromatic N) is 1. The van der Waals surface area contributed by atoms with Crippen molar-refractivity contribution in [1.82, 2.24) is 10.3 Å². The molecule has 1 atom stereocenters. The molecule has 8 heteroatoms. The van der Waals surface area contributed by atoms with Gasteiger partial charge in [0.1, 0.15) is 0 Å². The third-order valence-corrected chi connectivity index (χ3v) is 6.35. The van der Waals surface area contributed by atoms with Crippen molar-refractivity contribution in [2.24, 2.45) is 5.92 Å². The third-order valence-electron chi connectivity index (χ3n) is 4.95. The number of rotatable bonds is 11. The molecule has 7 nitrogen and oxygen atoms in total. The first-order valence-corrected chi connectivity index (χ1v) is 11.2. The summed E-state index contributed by atoms with van der Waals surface area (Å²) >= 11 is 0. The number of amides is 1. The zero-order valence-corrected chi connectivity index (χ0v) is 17.9. The zero-order chi connectivity index (χ0) is 21.3. The number of anilines is 1. The topological polar surface area (TPSA) is 97.4 Å². The van der Waals surface area contributed by atoms with Crippen molar-refractivity contribution in [2.75, 3.05) is 18.4 Å². The molecule has 0 aliphatic rings. The Morgan fingerprint density at radius 3 is 2.24 bits per heavy atom. The summed E-state index contributed by atoms with van der Waals surface area (Å²) < 4.78 is 32.9. The average Bonchev–Trinajstić information content (AvgIpc) is 2.73. The van der Waals surface area contributed by atoms with Crippen LogP contribution in [0, 0.1) is 5.92 Å². The normalized spacial score (nSPS) is 12.6. The number of hydrogen-bond acceptors (Lipinski definition) is 5. The fourth-order valence-corrected chi connectivity index (χ4v) is 4.27. The van der Waals surface area contributed by atoms with Crippen molar-refractivity contribution in [2.45, 2.75) is 44.1 Å². The predicted octanol–water partition coefficient (Wildman–Crippen LogP) is 3.45. The SMILES string of the molecule is CCC(CC)[C@@H](CCNC(=O)c1ccc(S(=O)(=O)Nc2ccncc2)cc1)OC. The van der Waals surface area contributed by atoms with Crippen LogP contribution in [0.15, 0.2) is 53.7 Å². The van der Waals surface area contributed by atoms with Crippen molar-refractivity contribution >= 4 is 21.6 Å². The number of carbonyl (C=O) groups is 1. The van der Waals surface area contributed by atoms with Crippen LogP contribution in [0.1, 0.15) is 43.5 Å². The smallest absolute Gasteiger partial charge is 0.261 e. The van der Waals surface area contributed by atoms with Gasteiger partial charge in [-0.15, -0.1) is 0 Å². The Bertz CT molecular complexity index is 867. The Hall–Kier alpha value is -2.45. The molecule has 2 aromatic rings. The highest BCUT2D eigenvalue weighted by molar-refractivity contribution is 7.92. The molecule has 1 aromatic heterocycles. The lowest BCUT2D eigenvalue weighted by Gasteiger charge is -2.24. The van der Waals surface area contributed by atoms with Gasteiger partial charge in [-0.25, -0.2) is 8.42 Å². The van der Waals surface area contributed by atoms with Gasteiger partial charge in [0, 0.05) is 31.6 Å². The van der Waals surface area contributed by atoms with Gasteiger partial charge in [-0.05, 0) is 48.7 Å². The number of benzene rings is 1. The quantitative estimate of drug-likeness (QED) is 0.581. The minimum absolute atomic E-state index is 0.0824. The molecule has 29 heavy (non-hydrogen) atoms. The Labute approximate surface area is 172 Å². The first-order valence-electron chi connectivity index (χ1n) is 9.75. The minimum atomic E-state index is -3.73. The predicted molar refractivity (Wildman–Crippen MR) is 113 cm³/mol. The first-order chi connectivity index (χ1) is 13.9. The van der Waals surface area contributed by atoms with Crippen molar-refractivity contribution < 1.29 is 17.9 Å². The molecule has 0 radical (unpaired) electrons. The van der Waals surface area contributed by atoms with Crippen LogP contribution in [0.3, 0.4) is 0 Å². The van der Waals surface area contributed by atoms with E-state index >= 15 is 0 Å². The molecule has 0 saturated carbocycles. The fraction of sp³-hybridized carbons (Fsp3) is 0.429. The van der Waals surface area contributed by atoms with Gasteiger partial charge in [0.25, 0.3) is 15.9 Å². The molecule has 0 fully saturated rings. The highest BCUT2D eigenvalue weighted by Gasteiger charge is 2.18. The largest absolute Gasteiger partial charge is 0.381 e. The Morgan fingerprint density at radius 2 is 1.69 bits per heavy atom. The van der Waals surface area contributed by atoms with Crippen LogP contribution in [-0.2, 0) is 14.8 Å². The Morgan fingerprint density at radius 1 is 1.07 bits per heavy atom. The van der Waals surface area contributed by atoms with Crippen molar-refractivity contribution in [3.63, 3.8) is 0 Å². The average molecular weight is 420 g/mol. The van der Waals surface area contributed by atoms with E-state index < -0.39 is 10.0 Å². The maximum absolute atomic E-state index is 12.4. The van der Waals surface area contributed by atoms with Gasteiger partial charge < -0.3 is 10.1 Å². The number of carbonyl (C=O) groups excluding carboxylic acids is 1. The summed E-state index contributed by atoms with van der Waals surface area (Å²) in [5.74, 6) is 0.227. The molecule has 0 saturated heterocycles. The summed E-state index contributed by atoms with van der Waals surface area (Å²) in [7, 11) is -2.03. The number of pyridine rings is 1. The molecule has 158 valence electrons. The lowest BCUT2D eigenvalue weighted by molar-refractivity contribution is 0.0420. The molecule has 1 aromatic carbocycles. The summed E-state index contributed by atoms with van der Waals surface area (Å²) in [5, 5.41) is 2.87. The second-order valence-corrected chi connectivity index (χ2v) is 8.44. The van der Waals surface area contributed by atoms with E-state index in [-0.39, 0.29) is 16.9 Å². The summed E-state index contributed by atoms with van der Waals surface area (Å²) in [6.45, 7) is 4.77. The standard InChI is InChI=1S/C21H29N3O4S/c1-4-16(5-2)20(28-3)12-15-23-21(25)17-6-8-19(9-7-17)29(26,27)24-18-10-13-22-14-11-18/h6-11,13-14,16,20H,4-5,12,15H2,1-3H3,(H,22,24)(H,23,25)/t20-/m1/s1. The van der Waals surface area contributed by atoms with Gasteiger partial charge in [-0.3, -0.25) is 14.5 Å². The number of methoxy groups -OCH3 is 1. The molecular weight excluding hydrogens is 390 g/mol. The lowest BCUT2D eigenvalue weighted by Crippen LogP contribution is -2.30. The van der Waals surface area contributed by atoms with Gasteiger partial charge in [-0.1, -0.05) is 26.7 Å². The molecule has 0 aliphatic heterocycles. The number of nitrogens with one attached hydrogen (secondary N) is 2. The van der Waals surface area contributed by atoms with E-state index in [1.54, 1.807) is 19.2 Å². The van der Waals surface area contributed by atoms with E-state index in [2.05, 4.69) is 28.9 Å². The van der Waals surface area contributed by atoms with Gasteiger partial charge in [0.05, 0.1) is 16.7 Å². The van der Waals surface area contributed by atoms with Gasteiger partial charge >= 0.3 is 0 Å². The van der Waals surface area contributed by atoms with E-state index in [0.29, 0.717) is 23.7 Å². The van der Waals surface area contributed by atoms with Crippen LogP contribution in [-0.4, -0.2) is 39.1 Å². The van der Waals surface area contributed by atoms with E-state index in [4.69, 9.17) is 4.74 Å². The van der Waals surface area contributed by atoms with Crippen LogP contribution in [0.4, 0.5) is 5.69 Å². The monoisotopic (exact) mass is 419 g/mol. The zero-order valence-electron chi connectivity index (χ0n) is 17.1. The molecule has 0 bridgehead atoms. The lowest BCUT2D eigenvalue weighted by atomic mass is 9.94. The fourth-order valence-electron chi connectivity index (χ4n) is 3.21. The second-order valence-electron chi connectivity index (χ2n) is 6.76. The van der Waals surface area contributed by atoms with Crippen molar-refractivity contribution in [3.05, 3.63) is 54.4 Å². The summed E-state index contributed by atoms with van der Waals surface area (Å²) in [4.78, 5) is 16.3. The maximum Gasteiger partial charge on any atom is 0.261 e. The molecule has 0 spiro atoms. The molecule has 0 unspecified atom stereocenters. The molecule has 2 rings (SSSR count). The van der Waals surface area contributed by atoms with Gasteiger partial charge in [0.2, 0.25) is 0 Å². The first kappa shape index (κ1) is 22.8. The van der Waals surface area contributed by atoms with E-state index in [9.17, 15) is 13.2 Å². The summed E-state index contributed by atoms with van der Waals surface area (Å²) in [6, 6.07) is 8.97. The maximum atomic E-state index is 12.4. The molecular formula is C21H29N3O4S. The van der Waals surface area contributed by atoms with E-state index in [0.717, 1.165) is 19.3 Å². The Balaban J connectivity index is 1.94. The van der Waals surface area contributed by atoms with E-state index in [1.165, 1.54) is 36.7 Å². The number of aromatic nitrogens is 1. The molecule has 0 aliphatic carbocycles. The highest BCUT2D eigenvalue weighted by atomic mass is 32.2. The van der Waals surface area contributed by atoms with E-state index in [1.807, 2.05) is 0 Å². The number of ether oxygens (including phenoxy) is 1. The summed E-state index contributed by atoms with van der Waals surface area (Å²) in [5.41, 5.74) is 0.830. The summed E-state index contributed by atoms with van der Waals surface area (Å²) in [6.07, 6.45) is 5.91. The number of hydrogen-bond donors (Lipinski definition) is 2.